The van der Waals surface area contributed by atoms with E-state index in [1.807, 2.05) is 43.3 Å². The molecule has 0 saturated carbocycles. The number of Topliss-reactive ketones (excluding diaryl/α,β-unsaturated/α-hetero) is 1. The quantitative estimate of drug-likeness (QED) is 0.577. The van der Waals surface area contributed by atoms with Gasteiger partial charge in [-0.25, -0.2) is 0 Å². The molecule has 1 unspecified atom stereocenters. The fraction of sp³-hybridized carbons (Fsp3) is 0.250. The second-order valence-electron chi connectivity index (χ2n) is 8.08. The smallest absolute Gasteiger partial charge is 0.271 e. The van der Waals surface area contributed by atoms with Crippen LogP contribution in [0.25, 0.3) is 0 Å². The van der Waals surface area contributed by atoms with Crippen molar-refractivity contribution in [3.63, 3.8) is 0 Å². The summed E-state index contributed by atoms with van der Waals surface area (Å²) in [6, 6.07) is 16.0. The summed E-state index contributed by atoms with van der Waals surface area (Å²) in [5, 5.41) is 21.4. The third kappa shape index (κ3) is 3.48. The Morgan fingerprint density at radius 1 is 1.19 bits per heavy atom. The van der Waals surface area contributed by atoms with Crippen LogP contribution in [-0.2, 0) is 4.79 Å². The van der Waals surface area contributed by atoms with E-state index in [0.29, 0.717) is 36.2 Å². The Kier molecular flexibility index (Phi) is 5.41. The van der Waals surface area contributed by atoms with E-state index >= 15 is 0 Å². The Labute approximate surface area is 186 Å². The molecule has 0 aromatic heterocycles. The Balaban J connectivity index is 1.92. The molecule has 1 atom stereocenters. The number of hydrogen-bond donors (Lipinski definition) is 1. The highest BCUT2D eigenvalue weighted by molar-refractivity contribution is 6.01. The fourth-order valence-corrected chi connectivity index (χ4v) is 4.43. The Bertz CT molecular complexity index is 1200. The van der Waals surface area contributed by atoms with Crippen LogP contribution in [0, 0.1) is 21.4 Å². The van der Waals surface area contributed by atoms with Crippen LogP contribution in [0.15, 0.2) is 71.2 Å². The average Bonchev–Trinajstić information content (AvgIpc) is 2.78. The molecule has 2 aromatic carbocycles. The minimum absolute atomic E-state index is 0.0244. The zero-order valence-corrected chi connectivity index (χ0v) is 17.9. The number of nitro groups is 1. The summed E-state index contributed by atoms with van der Waals surface area (Å²) in [4.78, 5) is 27.6. The van der Waals surface area contributed by atoms with E-state index in [1.165, 1.54) is 12.1 Å². The standard InChI is InChI=1S/C24H23N5O3/c1-27(2)16-11-9-15(10-12-16)22-19(14-25)24(26)28(20-7-4-8-21(30)23(20)22)17-5-3-6-18(13-17)29(31)32/h3,5-6,9-13,22H,4,7-8,26H2,1-2H3. The van der Waals surface area contributed by atoms with Crippen molar-refractivity contribution in [2.24, 2.45) is 5.73 Å². The molecule has 2 aromatic rings. The van der Waals surface area contributed by atoms with Gasteiger partial charge in [-0.2, -0.15) is 5.26 Å². The van der Waals surface area contributed by atoms with Crippen molar-refractivity contribution in [2.45, 2.75) is 25.2 Å². The lowest BCUT2D eigenvalue weighted by atomic mass is 9.75. The number of non-ortho nitro benzene ring substituents is 1. The van der Waals surface area contributed by atoms with E-state index in [9.17, 15) is 20.2 Å². The van der Waals surface area contributed by atoms with Crippen molar-refractivity contribution in [1.82, 2.24) is 0 Å². The first-order chi connectivity index (χ1) is 15.3. The van der Waals surface area contributed by atoms with E-state index < -0.39 is 10.8 Å². The van der Waals surface area contributed by atoms with E-state index in [0.717, 1.165) is 11.3 Å². The van der Waals surface area contributed by atoms with E-state index in [1.54, 1.807) is 17.0 Å². The summed E-state index contributed by atoms with van der Waals surface area (Å²) in [7, 11) is 3.88. The normalized spacial score (nSPS) is 18.3. The predicted octanol–water partition coefficient (Wildman–Crippen LogP) is 3.97. The van der Waals surface area contributed by atoms with Crippen molar-refractivity contribution in [3.05, 3.63) is 86.9 Å². The van der Waals surface area contributed by atoms with Gasteiger partial charge < -0.3 is 10.6 Å². The molecule has 8 nitrogen and oxygen atoms in total. The van der Waals surface area contributed by atoms with Gasteiger partial charge in [0.1, 0.15) is 5.82 Å². The first-order valence-corrected chi connectivity index (χ1v) is 10.3. The molecule has 0 saturated heterocycles. The maximum absolute atomic E-state index is 13.1. The van der Waals surface area contributed by atoms with Crippen molar-refractivity contribution in [3.8, 4) is 6.07 Å². The number of nitrogens with two attached hydrogens (primary N) is 1. The number of nitrogens with zero attached hydrogens (tertiary/aromatic N) is 4. The summed E-state index contributed by atoms with van der Waals surface area (Å²) in [5.41, 5.74) is 10.2. The predicted molar refractivity (Wildman–Crippen MR) is 122 cm³/mol. The second kappa shape index (κ2) is 8.19. The van der Waals surface area contributed by atoms with E-state index in [4.69, 9.17) is 5.73 Å². The summed E-state index contributed by atoms with van der Waals surface area (Å²) >= 11 is 0. The van der Waals surface area contributed by atoms with Gasteiger partial charge in [-0.05, 0) is 36.6 Å². The highest BCUT2D eigenvalue weighted by atomic mass is 16.6. The number of rotatable bonds is 4. The molecule has 0 spiro atoms. The Hall–Kier alpha value is -4.12. The van der Waals surface area contributed by atoms with Crippen LogP contribution in [0.2, 0.25) is 0 Å². The monoisotopic (exact) mass is 429 g/mol. The number of nitro benzene ring substituents is 1. The lowest BCUT2D eigenvalue weighted by Crippen LogP contribution is -2.38. The van der Waals surface area contributed by atoms with Crippen molar-refractivity contribution >= 4 is 22.8 Å². The molecular formula is C24H23N5O3. The van der Waals surface area contributed by atoms with Crippen LogP contribution >= 0.6 is 0 Å². The van der Waals surface area contributed by atoms with Gasteiger partial charge in [-0.3, -0.25) is 19.8 Å². The van der Waals surface area contributed by atoms with Gasteiger partial charge in [-0.1, -0.05) is 18.2 Å². The van der Waals surface area contributed by atoms with Crippen LogP contribution in [0.1, 0.15) is 30.7 Å². The highest BCUT2D eigenvalue weighted by Crippen LogP contribution is 2.46. The summed E-state index contributed by atoms with van der Waals surface area (Å²) in [6.45, 7) is 0. The number of benzene rings is 2. The molecule has 2 N–H and O–H groups in total. The minimum Gasteiger partial charge on any atom is -0.384 e. The number of anilines is 2. The molecule has 1 aliphatic carbocycles. The first kappa shape index (κ1) is 21.1. The highest BCUT2D eigenvalue weighted by Gasteiger charge is 2.40. The van der Waals surface area contributed by atoms with E-state index in [2.05, 4.69) is 6.07 Å². The minimum atomic E-state index is -0.561. The molecule has 32 heavy (non-hydrogen) atoms. The van der Waals surface area contributed by atoms with Gasteiger partial charge in [0, 0.05) is 49.6 Å². The zero-order chi connectivity index (χ0) is 23.0. The topological polar surface area (TPSA) is 116 Å². The Morgan fingerprint density at radius 3 is 2.53 bits per heavy atom. The molecule has 0 bridgehead atoms. The molecule has 1 aliphatic heterocycles. The van der Waals surface area contributed by atoms with Gasteiger partial charge in [0.25, 0.3) is 5.69 Å². The van der Waals surface area contributed by atoms with Gasteiger partial charge >= 0.3 is 0 Å². The number of carbonyl (C=O) groups excluding carboxylic acids is 1. The maximum Gasteiger partial charge on any atom is 0.271 e. The molecule has 0 radical (unpaired) electrons. The van der Waals surface area contributed by atoms with Gasteiger partial charge in [0.05, 0.1) is 28.2 Å². The number of carbonyl (C=O) groups is 1. The fourth-order valence-electron chi connectivity index (χ4n) is 4.43. The number of hydrogen-bond acceptors (Lipinski definition) is 7. The summed E-state index contributed by atoms with van der Waals surface area (Å²) in [5.74, 6) is -0.388. The molecule has 0 amide bonds. The number of ketones is 1. The average molecular weight is 429 g/mol. The van der Waals surface area contributed by atoms with Crippen molar-refractivity contribution in [1.29, 1.82) is 5.26 Å². The molecule has 8 heteroatoms. The zero-order valence-electron chi connectivity index (χ0n) is 17.9. The maximum atomic E-state index is 13.1. The van der Waals surface area contributed by atoms with Crippen molar-refractivity contribution < 1.29 is 9.72 Å². The number of nitriles is 1. The first-order valence-electron chi connectivity index (χ1n) is 10.3. The van der Waals surface area contributed by atoms with Crippen LogP contribution in [0.4, 0.5) is 17.1 Å². The van der Waals surface area contributed by atoms with Gasteiger partial charge in [-0.15, -0.1) is 0 Å². The van der Waals surface area contributed by atoms with Crippen LogP contribution < -0.4 is 15.5 Å². The van der Waals surface area contributed by atoms with Crippen molar-refractivity contribution in [2.75, 3.05) is 23.9 Å². The van der Waals surface area contributed by atoms with Crippen LogP contribution in [0.3, 0.4) is 0 Å². The molecule has 1 heterocycles. The lowest BCUT2D eigenvalue weighted by Gasteiger charge is -2.39. The third-order valence-corrected chi connectivity index (χ3v) is 5.95. The Morgan fingerprint density at radius 2 is 1.91 bits per heavy atom. The molecular weight excluding hydrogens is 406 g/mol. The largest absolute Gasteiger partial charge is 0.384 e. The van der Waals surface area contributed by atoms with Crippen LogP contribution in [0.5, 0.6) is 0 Å². The molecule has 0 fully saturated rings. The summed E-state index contributed by atoms with van der Waals surface area (Å²) in [6.07, 6.45) is 1.65. The SMILES string of the molecule is CN(C)c1ccc(C2C(C#N)=C(N)N(c3cccc([N+](=O)[O-])c3)C3=C2C(=O)CCC3)cc1. The molecule has 162 valence electrons. The lowest BCUT2D eigenvalue weighted by molar-refractivity contribution is -0.384. The van der Waals surface area contributed by atoms with E-state index in [-0.39, 0.29) is 22.9 Å². The molecule has 4 rings (SSSR count). The third-order valence-electron chi connectivity index (χ3n) is 5.95. The number of allylic oxidation sites excluding steroid dienone is 3. The van der Waals surface area contributed by atoms with Gasteiger partial charge in [0.2, 0.25) is 0 Å². The molecule has 2 aliphatic rings. The van der Waals surface area contributed by atoms with Crippen LogP contribution in [-0.4, -0.2) is 24.8 Å². The van der Waals surface area contributed by atoms with Gasteiger partial charge in [0.15, 0.2) is 5.78 Å². The summed E-state index contributed by atoms with van der Waals surface area (Å²) < 4.78 is 0. The second-order valence-corrected chi connectivity index (χ2v) is 8.08.